The molecule has 2 nitrogen and oxygen atoms in total. The molecule has 0 heterocycles. The van der Waals surface area contributed by atoms with Gasteiger partial charge in [-0.1, -0.05) is 37.3 Å². The quantitative estimate of drug-likeness (QED) is 0.740. The van der Waals surface area contributed by atoms with E-state index in [9.17, 15) is 5.11 Å². The average Bonchev–Trinajstić information content (AvgIpc) is 2.17. The maximum atomic E-state index is 10.2. The number of hydrogen-bond donors (Lipinski definition) is 2. The third-order valence-corrected chi connectivity index (χ3v) is 2.57. The highest BCUT2D eigenvalue weighted by atomic mass is 16.3. The van der Waals surface area contributed by atoms with Crippen molar-refractivity contribution in [2.24, 2.45) is 5.73 Å². The van der Waals surface area contributed by atoms with Crippen molar-refractivity contribution in [1.82, 2.24) is 0 Å². The van der Waals surface area contributed by atoms with Crippen LogP contribution in [-0.2, 0) is 5.60 Å². The van der Waals surface area contributed by atoms with Crippen molar-refractivity contribution in [2.45, 2.75) is 31.9 Å². The standard InChI is InChI=1S/C11H17NO/c1-3-11(13,9(2)12)10-7-5-4-6-8-10/h4-9,13H,3,12H2,1-2H3. The fourth-order valence-corrected chi connectivity index (χ4v) is 1.52. The van der Waals surface area contributed by atoms with Crippen LogP contribution in [0.4, 0.5) is 0 Å². The van der Waals surface area contributed by atoms with E-state index in [-0.39, 0.29) is 6.04 Å². The largest absolute Gasteiger partial charge is 0.384 e. The Bertz CT molecular complexity index is 258. The highest BCUT2D eigenvalue weighted by Gasteiger charge is 2.30. The van der Waals surface area contributed by atoms with Gasteiger partial charge in [0.2, 0.25) is 0 Å². The SMILES string of the molecule is CCC(O)(c1ccccc1)C(C)N. The van der Waals surface area contributed by atoms with E-state index >= 15 is 0 Å². The van der Waals surface area contributed by atoms with Gasteiger partial charge in [0.25, 0.3) is 0 Å². The van der Waals surface area contributed by atoms with Gasteiger partial charge in [-0.25, -0.2) is 0 Å². The molecule has 0 saturated heterocycles. The van der Waals surface area contributed by atoms with Crippen LogP contribution in [0.1, 0.15) is 25.8 Å². The van der Waals surface area contributed by atoms with Crippen molar-refractivity contribution < 1.29 is 5.11 Å². The molecule has 0 aliphatic heterocycles. The van der Waals surface area contributed by atoms with Crippen molar-refractivity contribution in [3.63, 3.8) is 0 Å². The second-order valence-corrected chi connectivity index (χ2v) is 3.43. The van der Waals surface area contributed by atoms with Crippen molar-refractivity contribution in [3.05, 3.63) is 35.9 Å². The van der Waals surface area contributed by atoms with Crippen molar-refractivity contribution in [3.8, 4) is 0 Å². The lowest BCUT2D eigenvalue weighted by molar-refractivity contribution is 0.0111. The van der Waals surface area contributed by atoms with Gasteiger partial charge in [0.05, 0.1) is 0 Å². The molecule has 0 radical (unpaired) electrons. The Balaban J connectivity index is 3.03. The van der Waals surface area contributed by atoms with Gasteiger partial charge in [0, 0.05) is 6.04 Å². The molecule has 1 aromatic rings. The van der Waals surface area contributed by atoms with Gasteiger partial charge in [0.1, 0.15) is 5.60 Å². The molecule has 0 bridgehead atoms. The Morgan fingerprint density at radius 2 is 1.92 bits per heavy atom. The maximum Gasteiger partial charge on any atom is 0.104 e. The topological polar surface area (TPSA) is 46.2 Å². The fraction of sp³-hybridized carbons (Fsp3) is 0.455. The first kappa shape index (κ1) is 10.2. The van der Waals surface area contributed by atoms with Gasteiger partial charge >= 0.3 is 0 Å². The highest BCUT2D eigenvalue weighted by molar-refractivity contribution is 5.23. The highest BCUT2D eigenvalue weighted by Crippen LogP contribution is 2.27. The molecule has 0 spiro atoms. The molecular formula is C11H17NO. The number of rotatable bonds is 3. The van der Waals surface area contributed by atoms with Crippen LogP contribution in [0.5, 0.6) is 0 Å². The van der Waals surface area contributed by atoms with Crippen LogP contribution in [0.3, 0.4) is 0 Å². The lowest BCUT2D eigenvalue weighted by atomic mass is 9.85. The number of hydrogen-bond acceptors (Lipinski definition) is 2. The van der Waals surface area contributed by atoms with Crippen LogP contribution in [0.25, 0.3) is 0 Å². The molecule has 13 heavy (non-hydrogen) atoms. The molecule has 72 valence electrons. The molecule has 0 aliphatic carbocycles. The first-order valence-electron chi connectivity index (χ1n) is 4.64. The first-order valence-corrected chi connectivity index (χ1v) is 4.64. The van der Waals surface area contributed by atoms with Crippen LogP contribution in [0.2, 0.25) is 0 Å². The Hall–Kier alpha value is -0.860. The van der Waals surface area contributed by atoms with E-state index in [1.165, 1.54) is 0 Å². The van der Waals surface area contributed by atoms with E-state index in [0.29, 0.717) is 6.42 Å². The van der Waals surface area contributed by atoms with Crippen LogP contribution in [-0.4, -0.2) is 11.1 Å². The normalized spacial score (nSPS) is 17.8. The van der Waals surface area contributed by atoms with Crippen LogP contribution in [0, 0.1) is 0 Å². The van der Waals surface area contributed by atoms with E-state index < -0.39 is 5.60 Å². The van der Waals surface area contributed by atoms with Gasteiger partial charge < -0.3 is 10.8 Å². The minimum absolute atomic E-state index is 0.250. The van der Waals surface area contributed by atoms with E-state index in [0.717, 1.165) is 5.56 Å². The number of benzene rings is 1. The summed E-state index contributed by atoms with van der Waals surface area (Å²) in [5.41, 5.74) is 5.77. The second kappa shape index (κ2) is 3.90. The Kier molecular flexibility index (Phi) is 3.07. The summed E-state index contributed by atoms with van der Waals surface area (Å²) < 4.78 is 0. The third kappa shape index (κ3) is 1.90. The molecule has 2 atom stereocenters. The van der Waals surface area contributed by atoms with Gasteiger partial charge in [-0.3, -0.25) is 0 Å². The molecule has 0 aromatic heterocycles. The smallest absolute Gasteiger partial charge is 0.104 e. The average molecular weight is 179 g/mol. The Labute approximate surface area is 79.4 Å². The predicted octanol–water partition coefficient (Wildman–Crippen LogP) is 1.63. The van der Waals surface area contributed by atoms with Gasteiger partial charge in [-0.05, 0) is 18.9 Å². The summed E-state index contributed by atoms with van der Waals surface area (Å²) in [6, 6.07) is 9.33. The molecule has 0 fully saturated rings. The first-order chi connectivity index (χ1) is 6.11. The zero-order valence-electron chi connectivity index (χ0n) is 8.20. The molecule has 1 aromatic carbocycles. The number of nitrogens with two attached hydrogens (primary N) is 1. The minimum Gasteiger partial charge on any atom is -0.384 e. The summed E-state index contributed by atoms with van der Waals surface area (Å²) in [5.74, 6) is 0. The molecular weight excluding hydrogens is 162 g/mol. The summed E-state index contributed by atoms with van der Waals surface area (Å²) in [4.78, 5) is 0. The summed E-state index contributed by atoms with van der Waals surface area (Å²) in [7, 11) is 0. The van der Waals surface area contributed by atoms with E-state index in [1.807, 2.05) is 44.2 Å². The van der Waals surface area contributed by atoms with E-state index in [4.69, 9.17) is 5.73 Å². The zero-order valence-corrected chi connectivity index (χ0v) is 8.20. The lowest BCUT2D eigenvalue weighted by Crippen LogP contribution is -2.42. The molecule has 1 rings (SSSR count). The molecule has 3 N–H and O–H groups in total. The Morgan fingerprint density at radius 3 is 2.31 bits per heavy atom. The summed E-state index contributed by atoms with van der Waals surface area (Å²) in [6.45, 7) is 3.77. The van der Waals surface area contributed by atoms with E-state index in [2.05, 4.69) is 0 Å². The second-order valence-electron chi connectivity index (χ2n) is 3.43. The predicted molar refractivity (Wildman–Crippen MR) is 54.3 cm³/mol. The Morgan fingerprint density at radius 1 is 1.38 bits per heavy atom. The molecule has 0 saturated carbocycles. The van der Waals surface area contributed by atoms with Gasteiger partial charge in [0.15, 0.2) is 0 Å². The monoisotopic (exact) mass is 179 g/mol. The summed E-state index contributed by atoms with van der Waals surface area (Å²) in [6.07, 6.45) is 0.634. The number of aliphatic hydroxyl groups is 1. The third-order valence-electron chi connectivity index (χ3n) is 2.57. The van der Waals surface area contributed by atoms with Gasteiger partial charge in [-0.2, -0.15) is 0 Å². The van der Waals surface area contributed by atoms with Gasteiger partial charge in [-0.15, -0.1) is 0 Å². The summed E-state index contributed by atoms with van der Waals surface area (Å²) in [5, 5.41) is 10.2. The molecule has 0 aliphatic rings. The fourth-order valence-electron chi connectivity index (χ4n) is 1.52. The lowest BCUT2D eigenvalue weighted by Gasteiger charge is -2.31. The minimum atomic E-state index is -0.888. The van der Waals surface area contributed by atoms with Crippen molar-refractivity contribution >= 4 is 0 Å². The van der Waals surface area contributed by atoms with Crippen molar-refractivity contribution in [1.29, 1.82) is 0 Å². The maximum absolute atomic E-state index is 10.2. The van der Waals surface area contributed by atoms with Crippen LogP contribution >= 0.6 is 0 Å². The zero-order chi connectivity index (χ0) is 9.90. The van der Waals surface area contributed by atoms with E-state index in [1.54, 1.807) is 0 Å². The van der Waals surface area contributed by atoms with Crippen LogP contribution in [0.15, 0.2) is 30.3 Å². The molecule has 2 unspecified atom stereocenters. The van der Waals surface area contributed by atoms with Crippen molar-refractivity contribution in [2.75, 3.05) is 0 Å². The molecule has 0 amide bonds. The van der Waals surface area contributed by atoms with Crippen LogP contribution < -0.4 is 5.73 Å². The summed E-state index contributed by atoms with van der Waals surface area (Å²) >= 11 is 0. The molecule has 2 heteroatoms.